The highest BCUT2D eigenvalue weighted by Gasteiger charge is 2.20. The highest BCUT2D eigenvalue weighted by molar-refractivity contribution is 5.20. The van der Waals surface area contributed by atoms with Crippen LogP contribution < -0.4 is 5.32 Å². The Morgan fingerprint density at radius 1 is 1.04 bits per heavy atom. The van der Waals surface area contributed by atoms with Gasteiger partial charge in [0.15, 0.2) is 0 Å². The lowest BCUT2D eigenvalue weighted by atomic mass is 10.0. The predicted octanol–water partition coefficient (Wildman–Crippen LogP) is 3.11. The van der Waals surface area contributed by atoms with E-state index < -0.39 is 6.10 Å². The van der Waals surface area contributed by atoms with Crippen molar-refractivity contribution in [2.75, 3.05) is 19.6 Å². The van der Waals surface area contributed by atoms with Gasteiger partial charge in [0, 0.05) is 24.7 Å². The molecule has 0 aromatic heterocycles. The Morgan fingerprint density at radius 2 is 1.71 bits per heavy atom. The van der Waals surface area contributed by atoms with Gasteiger partial charge in [0.1, 0.15) is 5.82 Å². The van der Waals surface area contributed by atoms with E-state index in [2.05, 4.69) is 34.5 Å². The van der Waals surface area contributed by atoms with E-state index in [1.165, 1.54) is 11.6 Å². The Balaban J connectivity index is 1.42. The van der Waals surface area contributed by atoms with E-state index in [-0.39, 0.29) is 5.82 Å². The van der Waals surface area contributed by atoms with Crippen molar-refractivity contribution in [1.82, 2.24) is 10.2 Å². The average Bonchev–Trinajstić information content (AvgIpc) is 2.62. The van der Waals surface area contributed by atoms with Crippen molar-refractivity contribution < 1.29 is 9.50 Å². The summed E-state index contributed by atoms with van der Waals surface area (Å²) in [6, 6.07) is 17.3. The zero-order valence-corrected chi connectivity index (χ0v) is 13.9. The first-order valence-corrected chi connectivity index (χ1v) is 8.64. The zero-order valence-electron chi connectivity index (χ0n) is 13.9. The van der Waals surface area contributed by atoms with Crippen LogP contribution in [0.3, 0.4) is 0 Å². The topological polar surface area (TPSA) is 35.5 Å². The summed E-state index contributed by atoms with van der Waals surface area (Å²) in [5.74, 6) is -0.343. The molecule has 0 bridgehead atoms. The van der Waals surface area contributed by atoms with Gasteiger partial charge in [-0.3, -0.25) is 4.90 Å². The third kappa shape index (κ3) is 4.63. The molecule has 0 spiro atoms. The van der Waals surface area contributed by atoms with Crippen LogP contribution in [0.4, 0.5) is 4.39 Å². The van der Waals surface area contributed by atoms with Crippen LogP contribution in [0.2, 0.25) is 0 Å². The molecule has 128 valence electrons. The molecular formula is C20H25FN2O. The van der Waals surface area contributed by atoms with Crippen LogP contribution in [0.5, 0.6) is 0 Å². The maximum atomic E-state index is 13.7. The quantitative estimate of drug-likeness (QED) is 0.855. The Labute approximate surface area is 143 Å². The maximum absolute atomic E-state index is 13.7. The number of halogens is 1. The maximum Gasteiger partial charge on any atom is 0.129 e. The van der Waals surface area contributed by atoms with Gasteiger partial charge in [-0.2, -0.15) is 0 Å². The van der Waals surface area contributed by atoms with E-state index in [1.54, 1.807) is 18.2 Å². The van der Waals surface area contributed by atoms with E-state index in [0.29, 0.717) is 18.2 Å². The molecule has 0 aliphatic carbocycles. The molecule has 2 N–H and O–H groups in total. The van der Waals surface area contributed by atoms with E-state index in [0.717, 1.165) is 32.5 Å². The third-order valence-electron chi connectivity index (χ3n) is 4.70. The Bertz CT molecular complexity index is 627. The van der Waals surface area contributed by atoms with Gasteiger partial charge in [0.2, 0.25) is 0 Å². The number of piperidine rings is 1. The molecule has 1 unspecified atom stereocenters. The van der Waals surface area contributed by atoms with Gasteiger partial charge in [-0.25, -0.2) is 4.39 Å². The number of aliphatic hydroxyl groups is 1. The van der Waals surface area contributed by atoms with Crippen molar-refractivity contribution in [3.8, 4) is 0 Å². The van der Waals surface area contributed by atoms with Crippen molar-refractivity contribution in [3.63, 3.8) is 0 Å². The van der Waals surface area contributed by atoms with Gasteiger partial charge >= 0.3 is 0 Å². The molecule has 24 heavy (non-hydrogen) atoms. The molecule has 0 amide bonds. The lowest BCUT2D eigenvalue weighted by Gasteiger charge is -2.33. The number of nitrogens with one attached hydrogen (secondary N) is 1. The first-order chi connectivity index (χ1) is 11.7. The lowest BCUT2D eigenvalue weighted by molar-refractivity contribution is 0.146. The largest absolute Gasteiger partial charge is 0.387 e. The minimum absolute atomic E-state index is 0.343. The summed E-state index contributed by atoms with van der Waals surface area (Å²) >= 11 is 0. The van der Waals surface area contributed by atoms with E-state index in [4.69, 9.17) is 0 Å². The van der Waals surface area contributed by atoms with Crippen molar-refractivity contribution in [2.24, 2.45) is 0 Å². The standard InChI is InChI=1S/C20H25FN2O/c21-19-9-5-4-8-18(19)20(24)14-22-17-10-12-23(13-11-17)15-16-6-2-1-3-7-16/h1-9,17,20,22,24H,10-15H2. The fourth-order valence-electron chi connectivity index (χ4n) is 3.27. The van der Waals surface area contributed by atoms with Crippen molar-refractivity contribution in [1.29, 1.82) is 0 Å². The fourth-order valence-corrected chi connectivity index (χ4v) is 3.27. The number of hydrogen-bond donors (Lipinski definition) is 2. The fraction of sp³-hybridized carbons (Fsp3) is 0.400. The van der Waals surface area contributed by atoms with E-state index in [9.17, 15) is 9.50 Å². The molecular weight excluding hydrogens is 303 g/mol. The summed E-state index contributed by atoms with van der Waals surface area (Å²) in [5, 5.41) is 13.6. The lowest BCUT2D eigenvalue weighted by Crippen LogP contribution is -2.43. The van der Waals surface area contributed by atoms with Gasteiger partial charge in [0.25, 0.3) is 0 Å². The normalized spacial score (nSPS) is 17.8. The number of hydrogen-bond acceptors (Lipinski definition) is 3. The minimum atomic E-state index is -0.798. The zero-order chi connectivity index (χ0) is 16.8. The van der Waals surface area contributed by atoms with Gasteiger partial charge in [-0.15, -0.1) is 0 Å². The van der Waals surface area contributed by atoms with Gasteiger partial charge in [-0.05, 0) is 37.6 Å². The van der Waals surface area contributed by atoms with Crippen LogP contribution >= 0.6 is 0 Å². The van der Waals surface area contributed by atoms with Crippen LogP contribution in [-0.2, 0) is 6.54 Å². The minimum Gasteiger partial charge on any atom is -0.387 e. The number of aliphatic hydroxyl groups excluding tert-OH is 1. The Hall–Kier alpha value is -1.75. The molecule has 4 heteroatoms. The number of rotatable bonds is 6. The summed E-state index contributed by atoms with van der Waals surface area (Å²) < 4.78 is 13.7. The van der Waals surface area contributed by atoms with E-state index >= 15 is 0 Å². The molecule has 3 nitrogen and oxygen atoms in total. The molecule has 1 heterocycles. The molecule has 1 saturated heterocycles. The predicted molar refractivity (Wildman–Crippen MR) is 94.1 cm³/mol. The molecule has 0 radical (unpaired) electrons. The van der Waals surface area contributed by atoms with E-state index in [1.807, 2.05) is 6.07 Å². The molecule has 1 aliphatic rings. The smallest absolute Gasteiger partial charge is 0.129 e. The SMILES string of the molecule is OC(CNC1CCN(Cc2ccccc2)CC1)c1ccccc1F. The van der Waals surface area contributed by atoms with Crippen LogP contribution in [0.25, 0.3) is 0 Å². The number of benzene rings is 2. The molecule has 3 rings (SSSR count). The molecule has 1 fully saturated rings. The Morgan fingerprint density at radius 3 is 2.42 bits per heavy atom. The summed E-state index contributed by atoms with van der Waals surface area (Å²) in [6.45, 7) is 3.47. The van der Waals surface area contributed by atoms with Crippen LogP contribution in [0.15, 0.2) is 54.6 Å². The summed E-state index contributed by atoms with van der Waals surface area (Å²) in [6.07, 6.45) is 1.31. The molecule has 2 aromatic carbocycles. The number of likely N-dealkylation sites (tertiary alicyclic amines) is 1. The van der Waals surface area contributed by atoms with Crippen molar-refractivity contribution >= 4 is 0 Å². The molecule has 1 atom stereocenters. The Kier molecular flexibility index (Phi) is 5.96. The molecule has 2 aromatic rings. The summed E-state index contributed by atoms with van der Waals surface area (Å²) in [7, 11) is 0. The second-order valence-electron chi connectivity index (χ2n) is 6.48. The first-order valence-electron chi connectivity index (χ1n) is 8.64. The monoisotopic (exact) mass is 328 g/mol. The van der Waals surface area contributed by atoms with Crippen molar-refractivity contribution in [2.45, 2.75) is 31.5 Å². The third-order valence-corrected chi connectivity index (χ3v) is 4.70. The average molecular weight is 328 g/mol. The summed E-state index contributed by atoms with van der Waals surface area (Å²) in [5.41, 5.74) is 1.71. The summed E-state index contributed by atoms with van der Waals surface area (Å²) in [4.78, 5) is 2.46. The van der Waals surface area contributed by atoms with Crippen LogP contribution in [0, 0.1) is 5.82 Å². The van der Waals surface area contributed by atoms with Gasteiger partial charge < -0.3 is 10.4 Å². The van der Waals surface area contributed by atoms with Crippen LogP contribution in [0.1, 0.15) is 30.1 Å². The molecule has 1 aliphatic heterocycles. The molecule has 0 saturated carbocycles. The number of nitrogens with zero attached hydrogens (tertiary/aromatic N) is 1. The van der Waals surface area contributed by atoms with Gasteiger partial charge in [0.05, 0.1) is 6.10 Å². The first kappa shape index (κ1) is 17.1. The second-order valence-corrected chi connectivity index (χ2v) is 6.48. The van der Waals surface area contributed by atoms with Gasteiger partial charge in [-0.1, -0.05) is 48.5 Å². The second kappa shape index (κ2) is 8.38. The van der Waals surface area contributed by atoms with Crippen LogP contribution in [-0.4, -0.2) is 35.7 Å². The highest BCUT2D eigenvalue weighted by atomic mass is 19.1. The van der Waals surface area contributed by atoms with Crippen molar-refractivity contribution in [3.05, 3.63) is 71.5 Å². The highest BCUT2D eigenvalue weighted by Crippen LogP contribution is 2.18.